The molecule has 0 aliphatic heterocycles. The zero-order valence-electron chi connectivity index (χ0n) is 16.7. The zero-order chi connectivity index (χ0) is 17.9. The Balaban J connectivity index is 2.69. The van der Waals surface area contributed by atoms with Crippen molar-refractivity contribution in [3.05, 3.63) is 0 Å². The molecule has 0 bridgehead atoms. The average molecular weight is 329 g/mol. The maximum absolute atomic E-state index is 10.8. The van der Waals surface area contributed by atoms with Crippen molar-refractivity contribution < 1.29 is 14.6 Å². The van der Waals surface area contributed by atoms with Crippen molar-refractivity contribution in [2.45, 2.75) is 112 Å². The fraction of sp³-hybridized carbons (Fsp3) is 1.00. The molecule has 0 aromatic heterocycles. The number of aliphatic hydroxyl groups excluding tert-OH is 1. The first-order valence-electron chi connectivity index (χ1n) is 9.34. The summed E-state index contributed by atoms with van der Waals surface area (Å²) in [6.07, 6.45) is 6.35. The fourth-order valence-corrected chi connectivity index (χ4v) is 3.48. The van der Waals surface area contributed by atoms with Gasteiger partial charge in [0, 0.05) is 5.92 Å². The van der Waals surface area contributed by atoms with Crippen molar-refractivity contribution in [3.8, 4) is 0 Å². The first-order chi connectivity index (χ1) is 10.3. The van der Waals surface area contributed by atoms with E-state index in [0.717, 1.165) is 19.3 Å². The third-order valence-electron chi connectivity index (χ3n) is 4.70. The SMILES string of the molecule is CC(C)(C)CC(C(O)OC(C)(C)OC1CCCCC1)C(C)(C)C. The van der Waals surface area contributed by atoms with Crippen molar-refractivity contribution in [2.24, 2.45) is 16.7 Å². The molecule has 1 fully saturated rings. The van der Waals surface area contributed by atoms with Crippen LogP contribution in [0.25, 0.3) is 0 Å². The molecular weight excluding hydrogens is 288 g/mol. The molecule has 2 unspecified atom stereocenters. The van der Waals surface area contributed by atoms with Crippen LogP contribution in [0.1, 0.15) is 93.9 Å². The summed E-state index contributed by atoms with van der Waals surface area (Å²) in [5.41, 5.74) is 0.129. The first kappa shape index (κ1) is 20.9. The van der Waals surface area contributed by atoms with Gasteiger partial charge in [0.1, 0.15) is 0 Å². The second-order valence-electron chi connectivity index (χ2n) is 10.0. The van der Waals surface area contributed by atoms with E-state index >= 15 is 0 Å². The summed E-state index contributed by atoms with van der Waals surface area (Å²) in [4.78, 5) is 0. The third-order valence-corrected chi connectivity index (χ3v) is 4.70. The predicted molar refractivity (Wildman–Crippen MR) is 96.1 cm³/mol. The zero-order valence-corrected chi connectivity index (χ0v) is 16.7. The molecule has 0 amide bonds. The summed E-state index contributed by atoms with van der Waals surface area (Å²) >= 11 is 0. The first-order valence-corrected chi connectivity index (χ1v) is 9.34. The molecule has 2 atom stereocenters. The van der Waals surface area contributed by atoms with Crippen LogP contribution in [-0.2, 0) is 9.47 Å². The second kappa shape index (κ2) is 7.84. The highest BCUT2D eigenvalue weighted by molar-refractivity contribution is 4.82. The van der Waals surface area contributed by atoms with Crippen LogP contribution >= 0.6 is 0 Å². The van der Waals surface area contributed by atoms with Gasteiger partial charge in [0.05, 0.1) is 6.10 Å². The van der Waals surface area contributed by atoms with Crippen LogP contribution < -0.4 is 0 Å². The largest absolute Gasteiger partial charge is 0.368 e. The Hall–Kier alpha value is -0.120. The van der Waals surface area contributed by atoms with Crippen LogP contribution in [0.15, 0.2) is 0 Å². The topological polar surface area (TPSA) is 38.7 Å². The van der Waals surface area contributed by atoms with Gasteiger partial charge in [-0.2, -0.15) is 0 Å². The molecule has 1 aliphatic rings. The molecule has 0 aromatic rings. The van der Waals surface area contributed by atoms with E-state index in [1.54, 1.807) is 0 Å². The predicted octanol–water partition coefficient (Wildman–Crippen LogP) is 5.51. The minimum absolute atomic E-state index is 0.0202. The van der Waals surface area contributed by atoms with E-state index in [1.165, 1.54) is 19.3 Å². The van der Waals surface area contributed by atoms with Crippen molar-refractivity contribution in [1.29, 1.82) is 0 Å². The van der Waals surface area contributed by atoms with Crippen LogP contribution in [-0.4, -0.2) is 23.3 Å². The van der Waals surface area contributed by atoms with E-state index in [2.05, 4.69) is 41.5 Å². The normalized spacial score (nSPS) is 21.3. The molecule has 0 saturated heterocycles. The van der Waals surface area contributed by atoms with Gasteiger partial charge in [0.25, 0.3) is 0 Å². The molecule has 1 N–H and O–H groups in total. The van der Waals surface area contributed by atoms with Gasteiger partial charge in [-0.15, -0.1) is 0 Å². The van der Waals surface area contributed by atoms with Crippen LogP contribution in [0.5, 0.6) is 0 Å². The maximum Gasteiger partial charge on any atom is 0.166 e. The summed E-state index contributed by atoms with van der Waals surface area (Å²) < 4.78 is 12.2. The van der Waals surface area contributed by atoms with E-state index < -0.39 is 12.1 Å². The van der Waals surface area contributed by atoms with Crippen LogP contribution in [0, 0.1) is 16.7 Å². The van der Waals surface area contributed by atoms with Crippen molar-refractivity contribution in [3.63, 3.8) is 0 Å². The Morgan fingerprint density at radius 3 is 1.87 bits per heavy atom. The van der Waals surface area contributed by atoms with Crippen molar-refractivity contribution in [1.82, 2.24) is 0 Å². The van der Waals surface area contributed by atoms with Gasteiger partial charge in [-0.25, -0.2) is 0 Å². The molecule has 23 heavy (non-hydrogen) atoms. The molecular formula is C20H40O3. The van der Waals surface area contributed by atoms with Gasteiger partial charge < -0.3 is 14.6 Å². The standard InChI is InChI=1S/C20H40O3/c1-18(2,3)14-16(19(4,5)6)17(21)23-20(7,8)22-15-12-10-9-11-13-15/h15-17,21H,9-14H2,1-8H3. The van der Waals surface area contributed by atoms with Gasteiger partial charge >= 0.3 is 0 Å². The van der Waals surface area contributed by atoms with Gasteiger partial charge in [-0.3, -0.25) is 0 Å². The lowest BCUT2D eigenvalue weighted by Gasteiger charge is -2.42. The molecule has 1 aliphatic carbocycles. The van der Waals surface area contributed by atoms with E-state index in [0.29, 0.717) is 0 Å². The fourth-order valence-electron chi connectivity index (χ4n) is 3.48. The third kappa shape index (κ3) is 8.00. The van der Waals surface area contributed by atoms with Crippen molar-refractivity contribution >= 4 is 0 Å². The minimum Gasteiger partial charge on any atom is -0.368 e. The molecule has 0 heterocycles. The highest BCUT2D eigenvalue weighted by Crippen LogP contribution is 2.39. The van der Waals surface area contributed by atoms with Crippen LogP contribution in [0.3, 0.4) is 0 Å². The number of hydrogen-bond acceptors (Lipinski definition) is 3. The molecule has 0 radical (unpaired) electrons. The lowest BCUT2D eigenvalue weighted by atomic mass is 9.72. The highest BCUT2D eigenvalue weighted by Gasteiger charge is 2.38. The van der Waals surface area contributed by atoms with Crippen LogP contribution in [0.4, 0.5) is 0 Å². The summed E-state index contributed by atoms with van der Waals surface area (Å²) in [6.45, 7) is 17.0. The smallest absolute Gasteiger partial charge is 0.166 e. The highest BCUT2D eigenvalue weighted by atomic mass is 16.7. The number of aliphatic hydroxyl groups is 1. The Morgan fingerprint density at radius 1 is 0.913 bits per heavy atom. The molecule has 3 nitrogen and oxygen atoms in total. The molecule has 138 valence electrons. The molecule has 0 spiro atoms. The maximum atomic E-state index is 10.8. The number of ether oxygens (including phenoxy) is 2. The molecule has 0 aromatic carbocycles. The van der Waals surface area contributed by atoms with Crippen LogP contribution in [0.2, 0.25) is 0 Å². The Labute approximate surface area is 144 Å². The monoisotopic (exact) mass is 328 g/mol. The lowest BCUT2D eigenvalue weighted by molar-refractivity contribution is -0.318. The second-order valence-corrected chi connectivity index (χ2v) is 10.0. The van der Waals surface area contributed by atoms with Gasteiger partial charge in [-0.05, 0) is 43.9 Å². The molecule has 1 rings (SSSR count). The van der Waals surface area contributed by atoms with E-state index in [9.17, 15) is 5.11 Å². The average Bonchev–Trinajstić information content (AvgIpc) is 2.33. The van der Waals surface area contributed by atoms with Gasteiger partial charge in [0.2, 0.25) is 0 Å². The summed E-state index contributed by atoms with van der Waals surface area (Å²) in [5.74, 6) is -0.681. The summed E-state index contributed by atoms with van der Waals surface area (Å²) in [7, 11) is 0. The molecule has 3 heteroatoms. The quantitative estimate of drug-likeness (QED) is 0.654. The number of hydrogen-bond donors (Lipinski definition) is 1. The Kier molecular flexibility index (Phi) is 7.13. The summed E-state index contributed by atoms with van der Waals surface area (Å²) in [6, 6.07) is 0. The van der Waals surface area contributed by atoms with E-state index in [4.69, 9.17) is 9.47 Å². The van der Waals surface area contributed by atoms with E-state index in [1.807, 2.05) is 13.8 Å². The summed E-state index contributed by atoms with van der Waals surface area (Å²) in [5, 5.41) is 10.8. The molecule has 1 saturated carbocycles. The lowest BCUT2D eigenvalue weighted by Crippen LogP contribution is -2.44. The Morgan fingerprint density at radius 2 is 1.43 bits per heavy atom. The van der Waals surface area contributed by atoms with Crippen molar-refractivity contribution in [2.75, 3.05) is 0 Å². The van der Waals surface area contributed by atoms with Gasteiger partial charge in [-0.1, -0.05) is 60.8 Å². The van der Waals surface area contributed by atoms with Gasteiger partial charge in [0.15, 0.2) is 12.1 Å². The minimum atomic E-state index is -0.812. The number of rotatable bonds is 6. The van der Waals surface area contributed by atoms with E-state index in [-0.39, 0.29) is 22.9 Å². The Bertz CT molecular complexity index is 343.